The highest BCUT2D eigenvalue weighted by Crippen LogP contribution is 2.49. The third kappa shape index (κ3) is 3.73. The number of aliphatic carboxylic acids is 1. The summed E-state index contributed by atoms with van der Waals surface area (Å²) in [5, 5.41) is 11.9. The molecule has 1 saturated carbocycles. The Balaban J connectivity index is 1.69. The van der Waals surface area contributed by atoms with Crippen molar-refractivity contribution in [3.05, 3.63) is 48.0 Å². The van der Waals surface area contributed by atoms with Crippen LogP contribution in [0.4, 0.5) is 0 Å². The monoisotopic (exact) mass is 396 g/mol. The lowest BCUT2D eigenvalue weighted by atomic mass is 9.80. The number of carbonyl (C=O) groups excluding carboxylic acids is 2. The van der Waals surface area contributed by atoms with E-state index >= 15 is 0 Å². The number of rotatable bonds is 5. The average Bonchev–Trinajstić information content (AvgIpc) is 3.29. The van der Waals surface area contributed by atoms with Crippen LogP contribution in [0.1, 0.15) is 51.6 Å². The van der Waals surface area contributed by atoms with Crippen molar-refractivity contribution in [2.45, 2.75) is 57.7 Å². The number of benzene rings is 1. The molecular weight excluding hydrogens is 366 g/mol. The number of fused-ring (bicyclic) bond motifs is 2. The molecule has 2 bridgehead atoms. The van der Waals surface area contributed by atoms with Gasteiger partial charge in [0.15, 0.2) is 0 Å². The van der Waals surface area contributed by atoms with Gasteiger partial charge in [-0.1, -0.05) is 42.5 Å². The molecule has 6 atom stereocenters. The van der Waals surface area contributed by atoms with Gasteiger partial charge in [0.05, 0.1) is 17.6 Å². The molecule has 2 aliphatic carbocycles. The molecule has 5 nitrogen and oxygen atoms in total. The van der Waals surface area contributed by atoms with Crippen LogP contribution in [0, 0.1) is 23.7 Å². The number of hydrogen-bond acceptors (Lipinski definition) is 4. The van der Waals surface area contributed by atoms with Gasteiger partial charge in [-0.2, -0.15) is 0 Å². The fraction of sp³-hybridized carbons (Fsp3) is 0.583. The molecule has 0 aromatic heterocycles. The van der Waals surface area contributed by atoms with Crippen LogP contribution in [-0.2, 0) is 14.3 Å². The van der Waals surface area contributed by atoms with Crippen LogP contribution in [0.25, 0.3) is 0 Å². The summed E-state index contributed by atoms with van der Waals surface area (Å²) in [4.78, 5) is 27.8. The van der Waals surface area contributed by atoms with Crippen LogP contribution in [-0.4, -0.2) is 35.0 Å². The van der Waals surface area contributed by atoms with Gasteiger partial charge >= 0.3 is 0 Å². The van der Waals surface area contributed by atoms with Crippen molar-refractivity contribution in [1.29, 1.82) is 0 Å². The second kappa shape index (κ2) is 7.60. The van der Waals surface area contributed by atoms with Crippen LogP contribution >= 0.6 is 0 Å². The zero-order valence-electron chi connectivity index (χ0n) is 17.4. The lowest BCUT2D eigenvalue weighted by molar-refractivity contribution is -0.313. The van der Waals surface area contributed by atoms with E-state index in [1.165, 1.54) is 0 Å². The van der Waals surface area contributed by atoms with Crippen molar-refractivity contribution in [2.24, 2.45) is 23.7 Å². The molecule has 1 amide bonds. The molecule has 0 spiro atoms. The summed E-state index contributed by atoms with van der Waals surface area (Å²) < 4.78 is 5.89. The number of carboxylic acid groups (broad SMARTS) is 1. The summed E-state index contributed by atoms with van der Waals surface area (Å²) in [7, 11) is 0. The highest BCUT2D eigenvalue weighted by atomic mass is 16.5. The van der Waals surface area contributed by atoms with E-state index in [-0.39, 0.29) is 35.4 Å². The third-order valence-electron chi connectivity index (χ3n) is 7.03. The third-order valence-corrected chi connectivity index (χ3v) is 7.03. The number of carboxylic acids is 1. The highest BCUT2D eigenvalue weighted by molar-refractivity contribution is 5.87. The van der Waals surface area contributed by atoms with E-state index in [2.05, 4.69) is 13.8 Å². The van der Waals surface area contributed by atoms with Gasteiger partial charge in [0.1, 0.15) is 0 Å². The molecular formula is C24H30NO4-. The lowest BCUT2D eigenvalue weighted by Gasteiger charge is -2.46. The minimum atomic E-state index is -1.10. The quantitative estimate of drug-likeness (QED) is 0.718. The number of ether oxygens (including phenoxy) is 1. The lowest BCUT2D eigenvalue weighted by Crippen LogP contribution is -2.53. The molecule has 1 aromatic carbocycles. The topological polar surface area (TPSA) is 69.7 Å². The maximum atomic E-state index is 13.9. The van der Waals surface area contributed by atoms with E-state index in [4.69, 9.17) is 4.74 Å². The first-order chi connectivity index (χ1) is 13.8. The van der Waals surface area contributed by atoms with E-state index in [1.807, 2.05) is 54.3 Å². The predicted octanol–water partition coefficient (Wildman–Crippen LogP) is 2.72. The zero-order valence-corrected chi connectivity index (χ0v) is 17.4. The maximum Gasteiger partial charge on any atom is 0.227 e. The van der Waals surface area contributed by atoms with Gasteiger partial charge < -0.3 is 19.5 Å². The first-order valence-corrected chi connectivity index (χ1v) is 10.7. The second-order valence-corrected chi connectivity index (χ2v) is 9.41. The van der Waals surface area contributed by atoms with E-state index < -0.39 is 17.8 Å². The first-order valence-electron chi connectivity index (χ1n) is 10.7. The van der Waals surface area contributed by atoms with Crippen LogP contribution in [0.3, 0.4) is 0 Å². The van der Waals surface area contributed by atoms with Crippen molar-refractivity contribution in [1.82, 2.24) is 4.90 Å². The van der Waals surface area contributed by atoms with Crippen molar-refractivity contribution in [3.8, 4) is 0 Å². The minimum absolute atomic E-state index is 0.00581. The fourth-order valence-electron chi connectivity index (χ4n) is 5.67. The van der Waals surface area contributed by atoms with Gasteiger partial charge in [0.25, 0.3) is 0 Å². The second-order valence-electron chi connectivity index (χ2n) is 9.41. The smallest absolute Gasteiger partial charge is 0.227 e. The molecule has 1 heterocycles. The maximum absolute atomic E-state index is 13.9. The zero-order chi connectivity index (χ0) is 20.8. The molecule has 0 radical (unpaired) electrons. The predicted molar refractivity (Wildman–Crippen MR) is 107 cm³/mol. The first kappa shape index (κ1) is 20.1. The molecule has 1 aromatic rings. The summed E-state index contributed by atoms with van der Waals surface area (Å²) >= 11 is 0. The van der Waals surface area contributed by atoms with Gasteiger partial charge in [-0.05, 0) is 57.4 Å². The normalized spacial score (nSPS) is 33.4. The van der Waals surface area contributed by atoms with Crippen LogP contribution in [0.2, 0.25) is 0 Å². The van der Waals surface area contributed by atoms with E-state index in [9.17, 15) is 14.7 Å². The summed E-state index contributed by atoms with van der Waals surface area (Å²) in [6, 6.07) is 9.88. The highest BCUT2D eigenvalue weighted by Gasteiger charge is 2.51. The Labute approximate surface area is 172 Å². The number of hydrogen-bond donors (Lipinski definition) is 0. The molecule has 0 unspecified atom stereocenters. The molecule has 3 aliphatic rings. The Morgan fingerprint density at radius 3 is 2.41 bits per heavy atom. The molecule has 2 fully saturated rings. The van der Waals surface area contributed by atoms with Crippen LogP contribution in [0.15, 0.2) is 42.5 Å². The van der Waals surface area contributed by atoms with Crippen LogP contribution in [0.5, 0.6) is 0 Å². The van der Waals surface area contributed by atoms with Crippen LogP contribution < -0.4 is 5.11 Å². The van der Waals surface area contributed by atoms with Crippen molar-refractivity contribution in [3.63, 3.8) is 0 Å². The fourth-order valence-corrected chi connectivity index (χ4v) is 5.67. The molecule has 0 N–H and O–H groups in total. The summed E-state index contributed by atoms with van der Waals surface area (Å²) in [6.45, 7) is 6.76. The SMILES string of the molecule is C[C@H](c1ccccc1)N(C(=O)[C@@H]1[C@H](C(=O)[O-])[C@@H]2C=C[C@@H]1C2)[C@H]1CCOC(C)(C)C1. The van der Waals surface area contributed by atoms with Gasteiger partial charge in [0.2, 0.25) is 5.91 Å². The number of allylic oxidation sites excluding steroid dienone is 2. The Morgan fingerprint density at radius 2 is 1.79 bits per heavy atom. The standard InChI is InChI=1S/C24H31NO4/c1-15(16-7-5-4-6-8-16)25(19-11-12-29-24(2,3)14-19)22(26)20-17-9-10-18(13-17)21(20)23(27)28/h4-10,15,17-21H,11-14H2,1-3H3,(H,27,28)/p-1/t15-,17-,18-,19+,20+,21-/m1/s1. The average molecular weight is 397 g/mol. The Morgan fingerprint density at radius 1 is 1.14 bits per heavy atom. The molecule has 1 saturated heterocycles. The summed E-state index contributed by atoms with van der Waals surface area (Å²) in [6.07, 6.45) is 6.23. The summed E-state index contributed by atoms with van der Waals surface area (Å²) in [5.74, 6) is -2.49. The molecule has 5 heteroatoms. The van der Waals surface area contributed by atoms with Crippen molar-refractivity contribution < 1.29 is 19.4 Å². The van der Waals surface area contributed by atoms with Gasteiger partial charge in [-0.3, -0.25) is 4.79 Å². The molecule has 1 aliphatic heterocycles. The molecule has 4 rings (SSSR count). The number of nitrogens with zero attached hydrogens (tertiary/aromatic N) is 1. The Kier molecular flexibility index (Phi) is 5.28. The molecule has 29 heavy (non-hydrogen) atoms. The van der Waals surface area contributed by atoms with Crippen molar-refractivity contribution >= 4 is 11.9 Å². The molecule has 156 valence electrons. The largest absolute Gasteiger partial charge is 0.550 e. The summed E-state index contributed by atoms with van der Waals surface area (Å²) in [5.41, 5.74) is 0.758. The number of amides is 1. The van der Waals surface area contributed by atoms with Crippen molar-refractivity contribution in [2.75, 3.05) is 6.61 Å². The van der Waals surface area contributed by atoms with Gasteiger partial charge in [-0.25, -0.2) is 0 Å². The van der Waals surface area contributed by atoms with E-state index in [1.54, 1.807) is 0 Å². The van der Waals surface area contributed by atoms with E-state index in [0.29, 0.717) is 6.61 Å². The minimum Gasteiger partial charge on any atom is -0.550 e. The van der Waals surface area contributed by atoms with Gasteiger partial charge in [-0.15, -0.1) is 0 Å². The number of carbonyl (C=O) groups is 2. The van der Waals surface area contributed by atoms with E-state index in [0.717, 1.165) is 24.8 Å². The van der Waals surface area contributed by atoms with Gasteiger partial charge in [0, 0.05) is 24.5 Å². The Bertz CT molecular complexity index is 802. The Hall–Kier alpha value is -2.14.